The summed E-state index contributed by atoms with van der Waals surface area (Å²) >= 11 is 6.12. The Hall–Kier alpha value is -1.73. The molecule has 0 aliphatic carbocycles. The zero-order valence-electron chi connectivity index (χ0n) is 12.2. The van der Waals surface area contributed by atoms with Gasteiger partial charge in [0.25, 0.3) is 0 Å². The highest BCUT2D eigenvalue weighted by atomic mass is 35.5. The van der Waals surface area contributed by atoms with E-state index in [1.54, 1.807) is 18.2 Å². The van der Waals surface area contributed by atoms with E-state index in [-0.39, 0.29) is 11.9 Å². The van der Waals surface area contributed by atoms with Gasteiger partial charge in [0.05, 0.1) is 22.3 Å². The molecular formula is C16H20ClN3O. The second-order valence-corrected chi connectivity index (χ2v) is 5.82. The Bertz CT molecular complexity index is 545. The summed E-state index contributed by atoms with van der Waals surface area (Å²) in [6, 6.07) is 6.73. The molecule has 0 bridgehead atoms. The fraction of sp³-hybridized carbons (Fsp3) is 0.500. The molecule has 1 aliphatic heterocycles. The number of benzene rings is 1. The molecule has 1 aromatic carbocycles. The molecule has 0 radical (unpaired) electrons. The molecule has 1 aliphatic rings. The third-order valence-electron chi connectivity index (χ3n) is 3.76. The number of hydrogen-bond donors (Lipinski definition) is 1. The number of carbonyl (C=O) groups excluding carboxylic acids is 1. The van der Waals surface area contributed by atoms with E-state index in [1.165, 1.54) is 12.8 Å². The van der Waals surface area contributed by atoms with Crippen molar-refractivity contribution in [1.82, 2.24) is 4.90 Å². The van der Waals surface area contributed by atoms with Crippen LogP contribution in [0.1, 0.15) is 38.2 Å². The summed E-state index contributed by atoms with van der Waals surface area (Å²) in [7, 11) is 0. The Morgan fingerprint density at radius 2 is 2.00 bits per heavy atom. The summed E-state index contributed by atoms with van der Waals surface area (Å²) in [5.74, 6) is 0.0929. The van der Waals surface area contributed by atoms with Crippen molar-refractivity contribution < 1.29 is 4.79 Å². The Balaban J connectivity index is 2.04. The van der Waals surface area contributed by atoms with E-state index >= 15 is 0 Å². The first-order valence-electron chi connectivity index (χ1n) is 7.37. The quantitative estimate of drug-likeness (QED) is 0.931. The van der Waals surface area contributed by atoms with Crippen LogP contribution in [0.5, 0.6) is 0 Å². The SMILES string of the molecule is CC(Nc1cc(C#N)ccc1Cl)C(=O)N1CCCCCC1. The van der Waals surface area contributed by atoms with Gasteiger partial charge >= 0.3 is 0 Å². The van der Waals surface area contributed by atoms with E-state index in [0.717, 1.165) is 25.9 Å². The second kappa shape index (κ2) is 7.33. The Morgan fingerprint density at radius 3 is 2.62 bits per heavy atom. The van der Waals surface area contributed by atoms with Crippen molar-refractivity contribution in [2.75, 3.05) is 18.4 Å². The van der Waals surface area contributed by atoms with Crippen LogP contribution >= 0.6 is 11.6 Å². The van der Waals surface area contributed by atoms with Crippen molar-refractivity contribution in [2.24, 2.45) is 0 Å². The van der Waals surface area contributed by atoms with Gasteiger partial charge in [-0.2, -0.15) is 5.26 Å². The van der Waals surface area contributed by atoms with Crippen LogP contribution in [0.2, 0.25) is 5.02 Å². The van der Waals surface area contributed by atoms with Crippen LogP contribution < -0.4 is 5.32 Å². The van der Waals surface area contributed by atoms with Crippen LogP contribution in [0.25, 0.3) is 0 Å². The first kappa shape index (κ1) is 15.7. The van der Waals surface area contributed by atoms with Gasteiger partial charge in [0.1, 0.15) is 6.04 Å². The molecule has 1 unspecified atom stereocenters. The molecule has 0 aromatic heterocycles. The fourth-order valence-corrected chi connectivity index (χ4v) is 2.74. The van der Waals surface area contributed by atoms with Gasteiger partial charge in [-0.3, -0.25) is 4.79 Å². The van der Waals surface area contributed by atoms with Crippen LogP contribution in [-0.2, 0) is 4.79 Å². The molecule has 1 atom stereocenters. The molecule has 1 N–H and O–H groups in total. The van der Waals surface area contributed by atoms with Crippen molar-refractivity contribution in [1.29, 1.82) is 5.26 Å². The number of amides is 1. The molecule has 2 rings (SSSR count). The van der Waals surface area contributed by atoms with Gasteiger partial charge < -0.3 is 10.2 Å². The third-order valence-corrected chi connectivity index (χ3v) is 4.09. The lowest BCUT2D eigenvalue weighted by atomic mass is 10.2. The number of halogens is 1. The Labute approximate surface area is 130 Å². The molecule has 0 spiro atoms. The monoisotopic (exact) mass is 305 g/mol. The molecule has 5 heteroatoms. The zero-order chi connectivity index (χ0) is 15.2. The molecule has 1 aromatic rings. The lowest BCUT2D eigenvalue weighted by molar-refractivity contribution is -0.131. The normalized spacial score (nSPS) is 16.7. The van der Waals surface area contributed by atoms with Gasteiger partial charge in [0.15, 0.2) is 0 Å². The summed E-state index contributed by atoms with van der Waals surface area (Å²) in [5.41, 5.74) is 1.16. The largest absolute Gasteiger partial charge is 0.373 e. The molecule has 0 saturated carbocycles. The average Bonchev–Trinajstić information content (AvgIpc) is 2.77. The third kappa shape index (κ3) is 4.12. The number of nitrogens with zero attached hydrogens (tertiary/aromatic N) is 2. The molecular weight excluding hydrogens is 286 g/mol. The number of rotatable bonds is 3. The summed E-state index contributed by atoms with van der Waals surface area (Å²) in [4.78, 5) is 14.4. The molecule has 1 heterocycles. The smallest absolute Gasteiger partial charge is 0.244 e. The zero-order valence-corrected chi connectivity index (χ0v) is 13.0. The van der Waals surface area contributed by atoms with Gasteiger partial charge in [-0.25, -0.2) is 0 Å². The summed E-state index contributed by atoms with van der Waals surface area (Å²) in [5, 5.41) is 12.6. The highest BCUT2D eigenvalue weighted by Crippen LogP contribution is 2.24. The number of hydrogen-bond acceptors (Lipinski definition) is 3. The highest BCUT2D eigenvalue weighted by Gasteiger charge is 2.21. The predicted molar refractivity (Wildman–Crippen MR) is 84.3 cm³/mol. The standard InChI is InChI=1S/C16H20ClN3O/c1-12(16(21)20-8-4-2-3-5-9-20)19-15-10-13(11-18)6-7-14(15)17/h6-7,10,12,19H,2-5,8-9H2,1H3. The molecule has 112 valence electrons. The van der Waals surface area contributed by atoms with Crippen molar-refractivity contribution in [3.05, 3.63) is 28.8 Å². The van der Waals surface area contributed by atoms with Gasteiger partial charge in [-0.1, -0.05) is 24.4 Å². The summed E-state index contributed by atoms with van der Waals surface area (Å²) in [6.07, 6.45) is 4.54. The van der Waals surface area contributed by atoms with E-state index in [1.807, 2.05) is 11.8 Å². The number of anilines is 1. The minimum Gasteiger partial charge on any atom is -0.373 e. The predicted octanol–water partition coefficient (Wildman–Crippen LogP) is 3.41. The number of likely N-dealkylation sites (tertiary alicyclic amines) is 1. The maximum Gasteiger partial charge on any atom is 0.244 e. The van der Waals surface area contributed by atoms with E-state index < -0.39 is 0 Å². The van der Waals surface area contributed by atoms with E-state index in [2.05, 4.69) is 11.4 Å². The number of carbonyl (C=O) groups is 1. The number of nitriles is 1. The Kier molecular flexibility index (Phi) is 5.46. The maximum absolute atomic E-state index is 12.5. The molecule has 1 amide bonds. The van der Waals surface area contributed by atoms with Crippen LogP contribution in [0.15, 0.2) is 18.2 Å². The van der Waals surface area contributed by atoms with Gasteiger partial charge in [0, 0.05) is 13.1 Å². The maximum atomic E-state index is 12.5. The molecule has 21 heavy (non-hydrogen) atoms. The van der Waals surface area contributed by atoms with E-state index in [4.69, 9.17) is 16.9 Å². The lowest BCUT2D eigenvalue weighted by Gasteiger charge is -2.25. The van der Waals surface area contributed by atoms with E-state index in [0.29, 0.717) is 16.3 Å². The highest BCUT2D eigenvalue weighted by molar-refractivity contribution is 6.33. The fourth-order valence-electron chi connectivity index (χ4n) is 2.57. The van der Waals surface area contributed by atoms with Crippen LogP contribution in [0.4, 0.5) is 5.69 Å². The van der Waals surface area contributed by atoms with Gasteiger partial charge in [-0.05, 0) is 38.0 Å². The minimum atomic E-state index is -0.352. The lowest BCUT2D eigenvalue weighted by Crippen LogP contribution is -2.41. The van der Waals surface area contributed by atoms with Gasteiger partial charge in [0.2, 0.25) is 5.91 Å². The topological polar surface area (TPSA) is 56.1 Å². The van der Waals surface area contributed by atoms with E-state index in [9.17, 15) is 4.79 Å². The first-order chi connectivity index (χ1) is 10.1. The van der Waals surface area contributed by atoms with Crippen molar-refractivity contribution in [3.8, 4) is 6.07 Å². The van der Waals surface area contributed by atoms with Crippen LogP contribution in [-0.4, -0.2) is 29.9 Å². The Morgan fingerprint density at radius 1 is 1.33 bits per heavy atom. The first-order valence-corrected chi connectivity index (χ1v) is 7.74. The second-order valence-electron chi connectivity index (χ2n) is 5.41. The minimum absolute atomic E-state index is 0.0929. The van der Waals surface area contributed by atoms with Crippen molar-refractivity contribution >= 4 is 23.2 Å². The van der Waals surface area contributed by atoms with Gasteiger partial charge in [-0.15, -0.1) is 0 Å². The molecule has 1 fully saturated rings. The molecule has 1 saturated heterocycles. The molecule has 4 nitrogen and oxygen atoms in total. The van der Waals surface area contributed by atoms with Crippen molar-refractivity contribution in [2.45, 2.75) is 38.6 Å². The summed E-state index contributed by atoms with van der Waals surface area (Å²) < 4.78 is 0. The number of nitrogens with one attached hydrogen (secondary N) is 1. The summed E-state index contributed by atoms with van der Waals surface area (Å²) in [6.45, 7) is 3.50. The van der Waals surface area contributed by atoms with Crippen molar-refractivity contribution in [3.63, 3.8) is 0 Å². The van der Waals surface area contributed by atoms with Crippen LogP contribution in [0, 0.1) is 11.3 Å². The average molecular weight is 306 g/mol. The van der Waals surface area contributed by atoms with Crippen LogP contribution in [0.3, 0.4) is 0 Å².